The van der Waals surface area contributed by atoms with Crippen LogP contribution in [0, 0.1) is 0 Å². The minimum absolute atomic E-state index is 0.162. The van der Waals surface area contributed by atoms with Gasteiger partial charge in [-0.15, -0.1) is 0 Å². The zero-order chi connectivity index (χ0) is 17.6. The molecular weight excluding hydrogens is 320 g/mol. The lowest BCUT2D eigenvalue weighted by Crippen LogP contribution is -2.40. The van der Waals surface area contributed by atoms with E-state index in [1.54, 1.807) is 19.5 Å². The van der Waals surface area contributed by atoms with Crippen LogP contribution in [0.1, 0.15) is 24.5 Å². The van der Waals surface area contributed by atoms with Gasteiger partial charge < -0.3 is 15.2 Å². The summed E-state index contributed by atoms with van der Waals surface area (Å²) in [6, 6.07) is 7.33. The van der Waals surface area contributed by atoms with Gasteiger partial charge in [-0.1, -0.05) is 0 Å². The molecule has 25 heavy (non-hydrogen) atoms. The standard InChI is InChI=1S/C18H22N4O3/c1-24-14-4-6-15(7-5-14)25-18-17(20-8-9-21-18)13-3-2-10-22(11-13)12-16(19)23/h4-9,13H,2-3,10-12H2,1H3,(H2,19,23)/t13-/m0/s1. The maximum atomic E-state index is 11.2. The summed E-state index contributed by atoms with van der Waals surface area (Å²) in [5.41, 5.74) is 6.13. The second-order valence-corrected chi connectivity index (χ2v) is 6.06. The lowest BCUT2D eigenvalue weighted by molar-refractivity contribution is -0.119. The minimum atomic E-state index is -0.311. The van der Waals surface area contributed by atoms with Gasteiger partial charge in [0, 0.05) is 24.9 Å². The normalized spacial score (nSPS) is 17.9. The molecule has 0 saturated carbocycles. The zero-order valence-corrected chi connectivity index (χ0v) is 14.2. The largest absolute Gasteiger partial charge is 0.497 e. The molecule has 0 bridgehead atoms. The second-order valence-electron chi connectivity index (χ2n) is 6.06. The van der Waals surface area contributed by atoms with Gasteiger partial charge in [0.05, 0.1) is 13.7 Å². The predicted octanol–water partition coefficient (Wildman–Crippen LogP) is 1.94. The number of aromatic nitrogens is 2. The first-order valence-electron chi connectivity index (χ1n) is 8.29. The van der Waals surface area contributed by atoms with Crippen LogP contribution in [0.4, 0.5) is 0 Å². The van der Waals surface area contributed by atoms with Crippen LogP contribution in [0.15, 0.2) is 36.7 Å². The third-order valence-electron chi connectivity index (χ3n) is 4.24. The maximum absolute atomic E-state index is 11.2. The molecule has 1 aromatic heterocycles. The van der Waals surface area contributed by atoms with Crippen molar-refractivity contribution >= 4 is 5.91 Å². The summed E-state index contributed by atoms with van der Waals surface area (Å²) in [4.78, 5) is 22.1. The Morgan fingerprint density at radius 2 is 1.96 bits per heavy atom. The zero-order valence-electron chi connectivity index (χ0n) is 14.2. The summed E-state index contributed by atoms with van der Waals surface area (Å²) in [7, 11) is 1.62. The smallest absolute Gasteiger partial charge is 0.241 e. The monoisotopic (exact) mass is 342 g/mol. The number of ether oxygens (including phenoxy) is 2. The predicted molar refractivity (Wildman–Crippen MR) is 92.7 cm³/mol. The molecule has 1 aliphatic heterocycles. The fourth-order valence-corrected chi connectivity index (χ4v) is 3.09. The molecule has 7 nitrogen and oxygen atoms in total. The summed E-state index contributed by atoms with van der Waals surface area (Å²) >= 11 is 0. The Morgan fingerprint density at radius 3 is 2.68 bits per heavy atom. The van der Waals surface area contributed by atoms with Gasteiger partial charge in [0.15, 0.2) is 0 Å². The average Bonchev–Trinajstić information content (AvgIpc) is 2.62. The highest BCUT2D eigenvalue weighted by atomic mass is 16.5. The van der Waals surface area contributed by atoms with Gasteiger partial charge in [-0.25, -0.2) is 4.98 Å². The van der Waals surface area contributed by atoms with Gasteiger partial charge in [-0.2, -0.15) is 0 Å². The summed E-state index contributed by atoms with van der Waals surface area (Å²) < 4.78 is 11.1. The molecule has 1 fully saturated rings. The molecule has 2 N–H and O–H groups in total. The van der Waals surface area contributed by atoms with Crippen molar-refractivity contribution in [2.75, 3.05) is 26.7 Å². The Labute approximate surface area is 146 Å². The molecule has 1 aromatic carbocycles. The summed E-state index contributed by atoms with van der Waals surface area (Å²) in [6.07, 6.45) is 5.25. The summed E-state index contributed by atoms with van der Waals surface area (Å²) in [6.45, 7) is 1.86. The number of hydrogen-bond donors (Lipinski definition) is 1. The van der Waals surface area contributed by atoms with Crippen LogP contribution in [0.2, 0.25) is 0 Å². The third kappa shape index (κ3) is 4.45. The molecule has 132 valence electrons. The lowest BCUT2D eigenvalue weighted by Gasteiger charge is -2.31. The number of hydrogen-bond acceptors (Lipinski definition) is 6. The number of nitrogens with zero attached hydrogens (tertiary/aromatic N) is 3. The number of nitrogens with two attached hydrogens (primary N) is 1. The number of rotatable bonds is 6. The number of benzene rings is 1. The van der Waals surface area contributed by atoms with Gasteiger partial charge in [-0.05, 0) is 43.7 Å². The van der Waals surface area contributed by atoms with E-state index in [0.29, 0.717) is 11.6 Å². The summed E-state index contributed by atoms with van der Waals surface area (Å²) in [5, 5.41) is 0. The molecule has 1 saturated heterocycles. The third-order valence-corrected chi connectivity index (χ3v) is 4.24. The fourth-order valence-electron chi connectivity index (χ4n) is 3.09. The number of carbonyl (C=O) groups excluding carboxylic acids is 1. The molecule has 2 aromatic rings. The Bertz CT molecular complexity index is 721. The average molecular weight is 342 g/mol. The van der Waals surface area contributed by atoms with Gasteiger partial charge >= 0.3 is 0 Å². The van der Waals surface area contributed by atoms with Crippen molar-refractivity contribution in [3.8, 4) is 17.4 Å². The van der Waals surface area contributed by atoms with Crippen molar-refractivity contribution in [2.24, 2.45) is 5.73 Å². The van der Waals surface area contributed by atoms with E-state index in [4.69, 9.17) is 15.2 Å². The molecule has 1 aliphatic rings. The number of carbonyl (C=O) groups is 1. The number of methoxy groups -OCH3 is 1. The quantitative estimate of drug-likeness (QED) is 0.863. The fraction of sp³-hybridized carbons (Fsp3) is 0.389. The van der Waals surface area contributed by atoms with E-state index < -0.39 is 0 Å². The van der Waals surface area contributed by atoms with Crippen LogP contribution in [0.3, 0.4) is 0 Å². The first-order chi connectivity index (χ1) is 12.2. The molecule has 1 atom stereocenters. The van der Waals surface area contributed by atoms with E-state index >= 15 is 0 Å². The van der Waals surface area contributed by atoms with Crippen LogP contribution in [0.25, 0.3) is 0 Å². The first-order valence-corrected chi connectivity index (χ1v) is 8.29. The SMILES string of the molecule is COc1ccc(Oc2nccnc2[C@H]2CCCN(CC(N)=O)C2)cc1. The maximum Gasteiger partial charge on any atom is 0.241 e. The van der Waals surface area contributed by atoms with Crippen molar-refractivity contribution in [1.29, 1.82) is 0 Å². The van der Waals surface area contributed by atoms with Crippen molar-refractivity contribution in [3.63, 3.8) is 0 Å². The molecular formula is C18H22N4O3. The highest BCUT2D eigenvalue weighted by Crippen LogP contribution is 2.32. The van der Waals surface area contributed by atoms with Crippen molar-refractivity contribution < 1.29 is 14.3 Å². The van der Waals surface area contributed by atoms with E-state index in [1.165, 1.54) is 0 Å². The molecule has 1 amide bonds. The van der Waals surface area contributed by atoms with E-state index in [2.05, 4.69) is 14.9 Å². The molecule has 0 radical (unpaired) electrons. The lowest BCUT2D eigenvalue weighted by atomic mass is 9.94. The Hall–Kier alpha value is -2.67. The Morgan fingerprint density at radius 1 is 1.24 bits per heavy atom. The van der Waals surface area contributed by atoms with Crippen molar-refractivity contribution in [3.05, 3.63) is 42.4 Å². The highest BCUT2D eigenvalue weighted by Gasteiger charge is 2.26. The van der Waals surface area contributed by atoms with Crippen LogP contribution in [-0.2, 0) is 4.79 Å². The molecule has 0 spiro atoms. The van der Waals surface area contributed by atoms with Crippen molar-refractivity contribution in [2.45, 2.75) is 18.8 Å². The number of primary amides is 1. The van der Waals surface area contributed by atoms with E-state index in [0.717, 1.165) is 37.4 Å². The van der Waals surface area contributed by atoms with Gasteiger partial charge in [-0.3, -0.25) is 14.7 Å². The Balaban J connectivity index is 1.76. The summed E-state index contributed by atoms with van der Waals surface area (Å²) in [5.74, 6) is 1.79. The number of piperidine rings is 1. The highest BCUT2D eigenvalue weighted by molar-refractivity contribution is 5.75. The van der Waals surface area contributed by atoms with Crippen LogP contribution in [0.5, 0.6) is 17.4 Å². The molecule has 2 heterocycles. The molecule has 3 rings (SSSR count). The van der Waals surface area contributed by atoms with E-state index in [1.807, 2.05) is 24.3 Å². The van der Waals surface area contributed by atoms with Gasteiger partial charge in [0.2, 0.25) is 11.8 Å². The molecule has 7 heteroatoms. The van der Waals surface area contributed by atoms with Gasteiger partial charge in [0.1, 0.15) is 17.2 Å². The van der Waals surface area contributed by atoms with Crippen LogP contribution in [-0.4, -0.2) is 47.5 Å². The van der Waals surface area contributed by atoms with Crippen molar-refractivity contribution in [1.82, 2.24) is 14.9 Å². The molecule has 0 unspecified atom stereocenters. The molecule has 0 aliphatic carbocycles. The Kier molecular flexibility index (Phi) is 5.45. The van der Waals surface area contributed by atoms with E-state index in [-0.39, 0.29) is 18.4 Å². The first kappa shape index (κ1) is 17.2. The minimum Gasteiger partial charge on any atom is -0.497 e. The number of likely N-dealkylation sites (tertiary alicyclic amines) is 1. The van der Waals surface area contributed by atoms with E-state index in [9.17, 15) is 4.79 Å². The number of amides is 1. The topological polar surface area (TPSA) is 90.6 Å². The van der Waals surface area contributed by atoms with Gasteiger partial charge in [0.25, 0.3) is 0 Å². The second kappa shape index (κ2) is 7.94. The van der Waals surface area contributed by atoms with Crippen LogP contribution >= 0.6 is 0 Å². The van der Waals surface area contributed by atoms with Crippen LogP contribution < -0.4 is 15.2 Å².